The highest BCUT2D eigenvalue weighted by molar-refractivity contribution is 7.89. The molecule has 0 bridgehead atoms. The molecule has 2 N–H and O–H groups in total. The zero-order valence-corrected chi connectivity index (χ0v) is 13.1. The standard InChI is InChI=1S/C13H27N3O3S/c1-2-19-9-10-20(17,18)16-8-5-13(11-16)15-6-3-12(14)4-7-15/h12-13H,2-11,14H2,1H3. The zero-order chi connectivity index (χ0) is 14.6. The molecule has 1 unspecified atom stereocenters. The lowest BCUT2D eigenvalue weighted by Crippen LogP contribution is -2.46. The van der Waals surface area contributed by atoms with Crippen molar-refractivity contribution in [2.75, 3.05) is 45.1 Å². The van der Waals surface area contributed by atoms with Crippen LogP contribution in [0.1, 0.15) is 26.2 Å². The SMILES string of the molecule is CCOCCS(=O)(=O)N1CCC(N2CCC(N)CC2)C1. The number of ether oxygens (including phenoxy) is 1. The molecular formula is C13H27N3O3S. The van der Waals surface area contributed by atoms with Crippen LogP contribution in [0.2, 0.25) is 0 Å². The molecule has 20 heavy (non-hydrogen) atoms. The molecule has 6 nitrogen and oxygen atoms in total. The summed E-state index contributed by atoms with van der Waals surface area (Å²) in [6, 6.07) is 0.683. The first-order valence-electron chi connectivity index (χ1n) is 7.58. The van der Waals surface area contributed by atoms with E-state index in [2.05, 4.69) is 4.90 Å². The molecule has 2 rings (SSSR count). The number of piperidine rings is 1. The fraction of sp³-hybridized carbons (Fsp3) is 1.00. The van der Waals surface area contributed by atoms with Crippen LogP contribution in [0, 0.1) is 0 Å². The van der Waals surface area contributed by atoms with E-state index in [0.717, 1.165) is 32.4 Å². The Balaban J connectivity index is 1.82. The second-order valence-electron chi connectivity index (χ2n) is 5.69. The van der Waals surface area contributed by atoms with Crippen LogP contribution >= 0.6 is 0 Å². The van der Waals surface area contributed by atoms with E-state index in [0.29, 0.717) is 38.4 Å². The maximum atomic E-state index is 12.2. The van der Waals surface area contributed by atoms with Gasteiger partial charge < -0.3 is 10.5 Å². The molecule has 0 spiro atoms. The van der Waals surface area contributed by atoms with Crippen molar-refractivity contribution in [2.24, 2.45) is 5.73 Å². The lowest BCUT2D eigenvalue weighted by molar-refractivity contribution is 0.157. The van der Waals surface area contributed by atoms with Gasteiger partial charge in [-0.2, -0.15) is 0 Å². The summed E-state index contributed by atoms with van der Waals surface area (Å²) in [5.41, 5.74) is 5.91. The van der Waals surface area contributed by atoms with Crippen LogP contribution < -0.4 is 5.73 Å². The third-order valence-corrected chi connectivity index (χ3v) is 6.10. The predicted molar refractivity (Wildman–Crippen MR) is 79.0 cm³/mol. The Morgan fingerprint density at radius 2 is 1.90 bits per heavy atom. The molecule has 0 aromatic rings. The summed E-state index contributed by atoms with van der Waals surface area (Å²) in [4.78, 5) is 2.40. The molecule has 0 aliphatic carbocycles. The number of rotatable bonds is 6. The molecule has 0 saturated carbocycles. The van der Waals surface area contributed by atoms with Crippen molar-refractivity contribution < 1.29 is 13.2 Å². The average molecular weight is 305 g/mol. The van der Waals surface area contributed by atoms with Crippen molar-refractivity contribution in [2.45, 2.75) is 38.3 Å². The minimum absolute atomic E-state index is 0.0957. The van der Waals surface area contributed by atoms with Gasteiger partial charge in [-0.1, -0.05) is 0 Å². The van der Waals surface area contributed by atoms with Crippen molar-refractivity contribution >= 4 is 10.0 Å². The smallest absolute Gasteiger partial charge is 0.216 e. The molecular weight excluding hydrogens is 278 g/mol. The summed E-state index contributed by atoms with van der Waals surface area (Å²) in [7, 11) is -3.16. The summed E-state index contributed by atoms with van der Waals surface area (Å²) in [5.74, 6) is 0.0957. The van der Waals surface area contributed by atoms with Gasteiger partial charge in [0, 0.05) is 31.8 Å². The quantitative estimate of drug-likeness (QED) is 0.691. The molecule has 118 valence electrons. The minimum atomic E-state index is -3.16. The van der Waals surface area contributed by atoms with Crippen molar-refractivity contribution in [1.82, 2.24) is 9.21 Å². The zero-order valence-electron chi connectivity index (χ0n) is 12.3. The largest absolute Gasteiger partial charge is 0.381 e. The Morgan fingerprint density at radius 1 is 1.20 bits per heavy atom. The fourth-order valence-electron chi connectivity index (χ4n) is 2.98. The molecule has 1 atom stereocenters. The number of likely N-dealkylation sites (tertiary alicyclic amines) is 1. The van der Waals surface area contributed by atoms with E-state index in [1.54, 1.807) is 4.31 Å². The summed E-state index contributed by atoms with van der Waals surface area (Å²) in [5, 5.41) is 0. The summed E-state index contributed by atoms with van der Waals surface area (Å²) in [6.07, 6.45) is 2.98. The third-order valence-electron chi connectivity index (χ3n) is 4.30. The van der Waals surface area contributed by atoms with E-state index in [1.807, 2.05) is 6.92 Å². The molecule has 2 saturated heterocycles. The van der Waals surface area contributed by atoms with Gasteiger partial charge in [-0.05, 0) is 39.3 Å². The summed E-state index contributed by atoms with van der Waals surface area (Å²) < 4.78 is 31.2. The van der Waals surface area contributed by atoms with Gasteiger partial charge in [0.2, 0.25) is 10.0 Å². The van der Waals surface area contributed by atoms with E-state index >= 15 is 0 Å². The van der Waals surface area contributed by atoms with E-state index in [9.17, 15) is 8.42 Å². The molecule has 2 aliphatic rings. The van der Waals surface area contributed by atoms with Crippen molar-refractivity contribution in [3.63, 3.8) is 0 Å². The monoisotopic (exact) mass is 305 g/mol. The first kappa shape index (κ1) is 16.2. The Morgan fingerprint density at radius 3 is 2.55 bits per heavy atom. The Hall–Kier alpha value is -0.210. The van der Waals surface area contributed by atoms with Crippen LogP contribution in [0.15, 0.2) is 0 Å². The lowest BCUT2D eigenvalue weighted by Gasteiger charge is -2.34. The molecule has 0 aromatic heterocycles. The highest BCUT2D eigenvalue weighted by Gasteiger charge is 2.34. The van der Waals surface area contributed by atoms with Gasteiger partial charge in [0.1, 0.15) is 0 Å². The van der Waals surface area contributed by atoms with E-state index in [-0.39, 0.29) is 5.75 Å². The number of hydrogen-bond donors (Lipinski definition) is 1. The molecule has 0 radical (unpaired) electrons. The van der Waals surface area contributed by atoms with Crippen molar-refractivity contribution in [1.29, 1.82) is 0 Å². The normalized spacial score (nSPS) is 27.2. The molecule has 2 aliphatic heterocycles. The van der Waals surface area contributed by atoms with Crippen LogP contribution in [-0.4, -0.2) is 74.9 Å². The lowest BCUT2D eigenvalue weighted by atomic mass is 10.0. The van der Waals surface area contributed by atoms with Gasteiger partial charge in [0.05, 0.1) is 12.4 Å². The molecule has 2 heterocycles. The first-order chi connectivity index (χ1) is 9.53. The number of hydrogen-bond acceptors (Lipinski definition) is 5. The molecule has 0 aromatic carbocycles. The first-order valence-corrected chi connectivity index (χ1v) is 9.19. The van der Waals surface area contributed by atoms with Crippen LogP contribution in [0.25, 0.3) is 0 Å². The predicted octanol–water partition coefficient (Wildman–Crippen LogP) is -0.150. The molecule has 2 fully saturated rings. The van der Waals surface area contributed by atoms with Gasteiger partial charge in [0.25, 0.3) is 0 Å². The Kier molecular flexibility index (Phi) is 5.80. The highest BCUT2D eigenvalue weighted by atomic mass is 32.2. The number of sulfonamides is 1. The molecule has 0 amide bonds. The average Bonchev–Trinajstić information content (AvgIpc) is 2.90. The van der Waals surface area contributed by atoms with E-state index < -0.39 is 10.0 Å². The van der Waals surface area contributed by atoms with Gasteiger partial charge >= 0.3 is 0 Å². The van der Waals surface area contributed by atoms with Gasteiger partial charge in [-0.3, -0.25) is 4.90 Å². The maximum Gasteiger partial charge on any atom is 0.216 e. The fourth-order valence-corrected chi connectivity index (χ4v) is 4.35. The van der Waals surface area contributed by atoms with Crippen molar-refractivity contribution in [3.05, 3.63) is 0 Å². The van der Waals surface area contributed by atoms with Crippen LogP contribution in [-0.2, 0) is 14.8 Å². The number of nitrogens with zero attached hydrogens (tertiary/aromatic N) is 2. The van der Waals surface area contributed by atoms with Crippen LogP contribution in [0.5, 0.6) is 0 Å². The number of nitrogens with two attached hydrogens (primary N) is 1. The van der Waals surface area contributed by atoms with Gasteiger partial charge in [0.15, 0.2) is 0 Å². The topological polar surface area (TPSA) is 75.9 Å². The minimum Gasteiger partial charge on any atom is -0.381 e. The van der Waals surface area contributed by atoms with Crippen LogP contribution in [0.3, 0.4) is 0 Å². The van der Waals surface area contributed by atoms with E-state index in [4.69, 9.17) is 10.5 Å². The van der Waals surface area contributed by atoms with E-state index in [1.165, 1.54) is 0 Å². The Labute approximate surface area is 122 Å². The second kappa shape index (κ2) is 7.17. The Bertz CT molecular complexity index is 394. The third kappa shape index (κ3) is 4.14. The van der Waals surface area contributed by atoms with Gasteiger partial charge in [-0.15, -0.1) is 0 Å². The summed E-state index contributed by atoms with van der Waals surface area (Å²) >= 11 is 0. The van der Waals surface area contributed by atoms with Gasteiger partial charge in [-0.25, -0.2) is 12.7 Å². The summed E-state index contributed by atoms with van der Waals surface area (Å²) in [6.45, 7) is 5.99. The highest BCUT2D eigenvalue weighted by Crippen LogP contribution is 2.22. The molecule has 7 heteroatoms. The maximum absolute atomic E-state index is 12.2. The van der Waals surface area contributed by atoms with Crippen LogP contribution in [0.4, 0.5) is 0 Å². The second-order valence-corrected chi connectivity index (χ2v) is 7.78. The van der Waals surface area contributed by atoms with Crippen molar-refractivity contribution in [3.8, 4) is 0 Å².